The molecule has 0 spiro atoms. The predicted molar refractivity (Wildman–Crippen MR) is 63.4 cm³/mol. The summed E-state index contributed by atoms with van der Waals surface area (Å²) in [5, 5.41) is 0. The molecule has 0 radical (unpaired) electrons. The summed E-state index contributed by atoms with van der Waals surface area (Å²) in [4.78, 5) is 0. The van der Waals surface area contributed by atoms with E-state index in [1.54, 1.807) is 0 Å². The van der Waals surface area contributed by atoms with Crippen LogP contribution in [0.15, 0.2) is 28.7 Å². The highest BCUT2D eigenvalue weighted by molar-refractivity contribution is 9.10. The van der Waals surface area contributed by atoms with Crippen LogP contribution >= 0.6 is 27.7 Å². The van der Waals surface area contributed by atoms with Crippen LogP contribution in [0.5, 0.6) is 0 Å². The van der Waals surface area contributed by atoms with Gasteiger partial charge in [0, 0.05) is 4.47 Å². The Labute approximate surface area is 92.2 Å². The Morgan fingerprint density at radius 1 is 1.23 bits per heavy atom. The van der Waals surface area contributed by atoms with E-state index >= 15 is 0 Å². The largest absolute Gasteiger partial charge is 0.162 e. The Balaban J connectivity index is 2.14. The molecule has 2 heteroatoms. The molecule has 0 N–H and O–H groups in total. The lowest BCUT2D eigenvalue weighted by Crippen LogP contribution is -2.07. The third kappa shape index (κ3) is 2.50. The SMILES string of the molecule is Brc1cccc(C2CCSCC2)c1. The van der Waals surface area contributed by atoms with Crippen LogP contribution in [0.3, 0.4) is 0 Å². The first kappa shape index (κ1) is 9.60. The average molecular weight is 257 g/mol. The topological polar surface area (TPSA) is 0 Å². The molecule has 1 aromatic carbocycles. The fourth-order valence-electron chi connectivity index (χ4n) is 1.79. The van der Waals surface area contributed by atoms with E-state index in [4.69, 9.17) is 0 Å². The number of benzene rings is 1. The minimum absolute atomic E-state index is 0.804. The molecule has 0 unspecified atom stereocenters. The lowest BCUT2D eigenvalue weighted by atomic mass is 9.94. The Morgan fingerprint density at radius 3 is 2.69 bits per heavy atom. The number of hydrogen-bond donors (Lipinski definition) is 0. The van der Waals surface area contributed by atoms with Crippen molar-refractivity contribution in [3.05, 3.63) is 34.3 Å². The van der Waals surface area contributed by atoms with Crippen LogP contribution in [-0.4, -0.2) is 11.5 Å². The van der Waals surface area contributed by atoms with Crippen LogP contribution in [0, 0.1) is 0 Å². The van der Waals surface area contributed by atoms with Gasteiger partial charge in [0.05, 0.1) is 0 Å². The van der Waals surface area contributed by atoms with Gasteiger partial charge >= 0.3 is 0 Å². The zero-order valence-electron chi connectivity index (χ0n) is 7.50. The van der Waals surface area contributed by atoms with Crippen LogP contribution in [-0.2, 0) is 0 Å². The standard InChI is InChI=1S/C11H13BrS/c12-11-3-1-2-10(8-11)9-4-6-13-7-5-9/h1-3,8-9H,4-7H2. The molecule has 1 aliphatic heterocycles. The smallest absolute Gasteiger partial charge is 0.0178 e. The van der Waals surface area contributed by atoms with E-state index in [1.807, 2.05) is 0 Å². The first-order chi connectivity index (χ1) is 6.36. The highest BCUT2D eigenvalue weighted by atomic mass is 79.9. The van der Waals surface area contributed by atoms with Crippen molar-refractivity contribution in [2.75, 3.05) is 11.5 Å². The van der Waals surface area contributed by atoms with Crippen LogP contribution < -0.4 is 0 Å². The lowest BCUT2D eigenvalue weighted by molar-refractivity contribution is 0.637. The van der Waals surface area contributed by atoms with Crippen molar-refractivity contribution < 1.29 is 0 Å². The summed E-state index contributed by atoms with van der Waals surface area (Å²) in [6.45, 7) is 0. The molecule has 1 aliphatic rings. The van der Waals surface area contributed by atoms with E-state index in [9.17, 15) is 0 Å². The average Bonchev–Trinajstić information content (AvgIpc) is 2.19. The Kier molecular flexibility index (Phi) is 3.33. The molecule has 0 amide bonds. The third-order valence-electron chi connectivity index (χ3n) is 2.54. The van der Waals surface area contributed by atoms with Gasteiger partial charge in [-0.3, -0.25) is 0 Å². The number of hydrogen-bond acceptors (Lipinski definition) is 1. The first-order valence-electron chi connectivity index (χ1n) is 4.69. The summed E-state index contributed by atoms with van der Waals surface area (Å²) in [7, 11) is 0. The highest BCUT2D eigenvalue weighted by Gasteiger charge is 2.15. The van der Waals surface area contributed by atoms with Crippen molar-refractivity contribution in [1.29, 1.82) is 0 Å². The fraction of sp³-hybridized carbons (Fsp3) is 0.455. The van der Waals surface area contributed by atoms with Crippen molar-refractivity contribution in [3.63, 3.8) is 0 Å². The molecule has 0 saturated carbocycles. The van der Waals surface area contributed by atoms with Gasteiger partial charge < -0.3 is 0 Å². The highest BCUT2D eigenvalue weighted by Crippen LogP contribution is 2.32. The van der Waals surface area contributed by atoms with Crippen molar-refractivity contribution >= 4 is 27.7 Å². The fourth-order valence-corrected chi connectivity index (χ4v) is 3.31. The predicted octanol–water partition coefficient (Wildman–Crippen LogP) is 4.06. The normalized spacial score (nSPS) is 18.8. The summed E-state index contributed by atoms with van der Waals surface area (Å²) in [5.74, 6) is 3.47. The van der Waals surface area contributed by atoms with E-state index in [1.165, 1.54) is 34.4 Å². The van der Waals surface area contributed by atoms with Gasteiger partial charge in [-0.1, -0.05) is 28.1 Å². The monoisotopic (exact) mass is 256 g/mol. The van der Waals surface area contributed by atoms with Crippen LogP contribution in [0.4, 0.5) is 0 Å². The molecule has 1 saturated heterocycles. The van der Waals surface area contributed by atoms with Crippen LogP contribution in [0.2, 0.25) is 0 Å². The molecule has 2 rings (SSSR count). The molecule has 13 heavy (non-hydrogen) atoms. The quantitative estimate of drug-likeness (QED) is 0.731. The summed E-state index contributed by atoms with van der Waals surface area (Å²) >= 11 is 5.61. The lowest BCUT2D eigenvalue weighted by Gasteiger charge is -2.21. The number of halogens is 1. The molecular formula is C11H13BrS. The maximum atomic E-state index is 3.52. The van der Waals surface area contributed by atoms with E-state index < -0.39 is 0 Å². The van der Waals surface area contributed by atoms with E-state index in [2.05, 4.69) is 52.0 Å². The zero-order valence-corrected chi connectivity index (χ0v) is 9.90. The summed E-state index contributed by atoms with van der Waals surface area (Å²) in [6.07, 6.45) is 2.70. The molecule has 1 fully saturated rings. The molecule has 0 nitrogen and oxygen atoms in total. The number of thioether (sulfide) groups is 1. The Bertz CT molecular complexity index is 279. The number of rotatable bonds is 1. The van der Waals surface area contributed by atoms with Crippen molar-refractivity contribution in [2.24, 2.45) is 0 Å². The molecule has 0 atom stereocenters. The van der Waals surface area contributed by atoms with Gasteiger partial charge in [-0.15, -0.1) is 0 Å². The van der Waals surface area contributed by atoms with Gasteiger partial charge in [0.15, 0.2) is 0 Å². The van der Waals surface area contributed by atoms with Crippen LogP contribution in [0.1, 0.15) is 24.3 Å². The maximum Gasteiger partial charge on any atom is 0.0178 e. The second-order valence-electron chi connectivity index (χ2n) is 3.44. The Hall–Kier alpha value is 0.0500. The summed E-state index contributed by atoms with van der Waals surface area (Å²) < 4.78 is 1.21. The molecule has 0 aromatic heterocycles. The van der Waals surface area contributed by atoms with Gasteiger partial charge in [-0.25, -0.2) is 0 Å². The molecule has 1 heterocycles. The van der Waals surface area contributed by atoms with Gasteiger partial charge in [-0.2, -0.15) is 11.8 Å². The summed E-state index contributed by atoms with van der Waals surface area (Å²) in [6, 6.07) is 8.76. The molecular weight excluding hydrogens is 244 g/mol. The van der Waals surface area contributed by atoms with Crippen LogP contribution in [0.25, 0.3) is 0 Å². The van der Waals surface area contributed by atoms with Gasteiger partial charge in [0.25, 0.3) is 0 Å². The zero-order chi connectivity index (χ0) is 9.10. The van der Waals surface area contributed by atoms with Crippen molar-refractivity contribution in [3.8, 4) is 0 Å². The minimum atomic E-state index is 0.804. The molecule has 1 aromatic rings. The van der Waals surface area contributed by atoms with Gasteiger partial charge in [-0.05, 0) is 48.0 Å². The third-order valence-corrected chi connectivity index (χ3v) is 4.08. The minimum Gasteiger partial charge on any atom is -0.162 e. The van der Waals surface area contributed by atoms with E-state index in [0.717, 1.165) is 5.92 Å². The second-order valence-corrected chi connectivity index (χ2v) is 5.58. The molecule has 0 aliphatic carbocycles. The van der Waals surface area contributed by atoms with Crippen molar-refractivity contribution in [2.45, 2.75) is 18.8 Å². The maximum absolute atomic E-state index is 3.52. The second kappa shape index (κ2) is 4.52. The van der Waals surface area contributed by atoms with Gasteiger partial charge in [0.1, 0.15) is 0 Å². The molecule has 70 valence electrons. The van der Waals surface area contributed by atoms with E-state index in [0.29, 0.717) is 0 Å². The van der Waals surface area contributed by atoms with E-state index in [-0.39, 0.29) is 0 Å². The first-order valence-corrected chi connectivity index (χ1v) is 6.64. The summed E-state index contributed by atoms with van der Waals surface area (Å²) in [5.41, 5.74) is 1.51. The van der Waals surface area contributed by atoms with Gasteiger partial charge in [0.2, 0.25) is 0 Å². The molecule has 0 bridgehead atoms. The van der Waals surface area contributed by atoms with Crippen molar-refractivity contribution in [1.82, 2.24) is 0 Å². The Morgan fingerprint density at radius 2 is 2.00 bits per heavy atom.